The van der Waals surface area contributed by atoms with E-state index in [2.05, 4.69) is 34.6 Å². The summed E-state index contributed by atoms with van der Waals surface area (Å²) in [5, 5.41) is 8.63. The summed E-state index contributed by atoms with van der Waals surface area (Å²) in [7, 11) is 0. The molecule has 0 bridgehead atoms. The van der Waals surface area contributed by atoms with Gasteiger partial charge < -0.3 is 29.9 Å². The molecule has 1 aliphatic carbocycles. The first-order valence-corrected chi connectivity index (χ1v) is 6.04. The van der Waals surface area contributed by atoms with E-state index < -0.39 is 0 Å². The average molecular weight is 349 g/mol. The van der Waals surface area contributed by atoms with Gasteiger partial charge in [0, 0.05) is 0 Å². The number of hydrogen-bond donors (Lipinski definition) is 1. The van der Waals surface area contributed by atoms with Gasteiger partial charge >= 0.3 is 21.7 Å². The molecule has 0 fully saturated rings. The molecule has 0 unspecified atom stereocenters. The molecule has 2 rings (SSSR count). The standard InChI is InChI=1S/C10H16.C6H6O.2ClH.Ti/c1-6-7(2)9(4)10(5)8(6)3;7-6-4-2-1-3-5-6;;;/h6H,1-5H3;1-5,7H;2*1H;/q;;;;+2/p-2. The van der Waals surface area contributed by atoms with Crippen LogP contribution < -0.4 is 24.8 Å². The van der Waals surface area contributed by atoms with Gasteiger partial charge in [0.2, 0.25) is 0 Å². The minimum absolute atomic E-state index is 0. The Morgan fingerprint density at radius 3 is 1.30 bits per heavy atom. The zero-order valence-corrected chi connectivity index (χ0v) is 15.7. The van der Waals surface area contributed by atoms with Crippen molar-refractivity contribution in [3.63, 3.8) is 0 Å². The van der Waals surface area contributed by atoms with Crippen LogP contribution in [-0.2, 0) is 21.7 Å². The van der Waals surface area contributed by atoms with Crippen LogP contribution >= 0.6 is 0 Å². The Kier molecular flexibility index (Phi) is 14.2. The van der Waals surface area contributed by atoms with E-state index in [0.29, 0.717) is 11.7 Å². The Balaban J connectivity index is -0.000000262. The summed E-state index contributed by atoms with van der Waals surface area (Å²) in [6.45, 7) is 11.2. The van der Waals surface area contributed by atoms with Crippen molar-refractivity contribution >= 4 is 0 Å². The molecule has 0 radical (unpaired) electrons. The smallest absolute Gasteiger partial charge is 1.00 e. The van der Waals surface area contributed by atoms with E-state index >= 15 is 0 Å². The minimum atomic E-state index is 0. The number of phenols is 1. The Bertz CT molecular complexity index is 429. The molecule has 0 saturated carbocycles. The summed E-state index contributed by atoms with van der Waals surface area (Å²) < 4.78 is 0. The van der Waals surface area contributed by atoms with E-state index in [1.54, 1.807) is 35.4 Å². The number of rotatable bonds is 0. The first kappa shape index (κ1) is 24.8. The van der Waals surface area contributed by atoms with E-state index in [0.717, 1.165) is 0 Å². The van der Waals surface area contributed by atoms with Crippen LogP contribution in [0.25, 0.3) is 0 Å². The molecule has 0 heterocycles. The van der Waals surface area contributed by atoms with Crippen molar-refractivity contribution < 1.29 is 51.6 Å². The Hall–Kier alpha value is -0.206. The van der Waals surface area contributed by atoms with Gasteiger partial charge in [-0.1, -0.05) is 36.3 Å². The summed E-state index contributed by atoms with van der Waals surface area (Å²) in [4.78, 5) is 0. The maximum absolute atomic E-state index is 8.63. The molecule has 110 valence electrons. The first-order chi connectivity index (χ1) is 7.95. The minimum Gasteiger partial charge on any atom is -1.00 e. The Morgan fingerprint density at radius 1 is 0.800 bits per heavy atom. The topological polar surface area (TPSA) is 20.2 Å². The number of halogens is 2. The third-order valence-corrected chi connectivity index (χ3v) is 3.80. The second kappa shape index (κ2) is 11.5. The summed E-state index contributed by atoms with van der Waals surface area (Å²) in [6.07, 6.45) is 0. The third kappa shape index (κ3) is 6.50. The maximum Gasteiger partial charge on any atom is 2.00 e. The fourth-order valence-corrected chi connectivity index (χ4v) is 1.99. The van der Waals surface area contributed by atoms with Crippen LogP contribution in [0.4, 0.5) is 0 Å². The molecule has 0 atom stereocenters. The van der Waals surface area contributed by atoms with Gasteiger partial charge in [0.05, 0.1) is 0 Å². The normalized spacial score (nSPS) is 13.7. The zero-order valence-electron chi connectivity index (χ0n) is 12.7. The monoisotopic (exact) mass is 348 g/mol. The molecule has 1 aromatic rings. The van der Waals surface area contributed by atoms with E-state index in [9.17, 15) is 0 Å². The van der Waals surface area contributed by atoms with Crippen molar-refractivity contribution in [2.75, 3.05) is 0 Å². The van der Waals surface area contributed by atoms with Crippen molar-refractivity contribution in [1.82, 2.24) is 0 Å². The quantitative estimate of drug-likeness (QED) is 0.578. The fourth-order valence-electron chi connectivity index (χ4n) is 1.99. The van der Waals surface area contributed by atoms with Gasteiger partial charge in [0.15, 0.2) is 0 Å². The molecule has 4 heteroatoms. The first-order valence-electron chi connectivity index (χ1n) is 6.04. The summed E-state index contributed by atoms with van der Waals surface area (Å²) in [5.74, 6) is 1.02. The third-order valence-electron chi connectivity index (χ3n) is 3.80. The van der Waals surface area contributed by atoms with Gasteiger partial charge in [0.1, 0.15) is 5.75 Å². The van der Waals surface area contributed by atoms with Crippen molar-refractivity contribution in [2.24, 2.45) is 5.92 Å². The SMILES string of the molecule is CC1=C(C)C(C)C(C)=C1C.Oc1ccccc1.[Cl-].[Cl-].[Ti+2]. The van der Waals surface area contributed by atoms with Gasteiger partial charge in [-0.2, -0.15) is 0 Å². The van der Waals surface area contributed by atoms with Crippen LogP contribution in [0, 0.1) is 5.92 Å². The van der Waals surface area contributed by atoms with Crippen LogP contribution in [0.15, 0.2) is 52.6 Å². The van der Waals surface area contributed by atoms with Gasteiger partial charge in [-0.3, -0.25) is 0 Å². The summed E-state index contributed by atoms with van der Waals surface area (Å²) in [5.41, 5.74) is 6.11. The number of aromatic hydroxyl groups is 1. The van der Waals surface area contributed by atoms with E-state index in [1.807, 2.05) is 6.07 Å². The predicted molar refractivity (Wildman–Crippen MR) is 74.0 cm³/mol. The predicted octanol–water partition coefficient (Wildman–Crippen LogP) is -1.29. The molecule has 0 aromatic heterocycles. The molecule has 20 heavy (non-hydrogen) atoms. The zero-order chi connectivity index (χ0) is 13.0. The summed E-state index contributed by atoms with van der Waals surface area (Å²) in [6, 6.07) is 8.71. The van der Waals surface area contributed by atoms with Gasteiger partial charge in [0.25, 0.3) is 0 Å². The van der Waals surface area contributed by atoms with Crippen LogP contribution in [0.5, 0.6) is 5.75 Å². The number of para-hydroxylation sites is 1. The van der Waals surface area contributed by atoms with E-state index in [4.69, 9.17) is 5.11 Å². The molecule has 1 aromatic carbocycles. The van der Waals surface area contributed by atoms with Crippen LogP contribution in [0.3, 0.4) is 0 Å². The molecular formula is C16H22Cl2OTi. The molecule has 1 N–H and O–H groups in total. The second-order valence-electron chi connectivity index (χ2n) is 4.67. The van der Waals surface area contributed by atoms with Gasteiger partial charge in [-0.15, -0.1) is 0 Å². The van der Waals surface area contributed by atoms with Gasteiger partial charge in [-0.05, 0) is 56.9 Å². The number of phenolic OH excluding ortho intramolecular Hbond substituents is 1. The van der Waals surface area contributed by atoms with Crippen LogP contribution in [0.1, 0.15) is 34.6 Å². The molecule has 0 saturated heterocycles. The van der Waals surface area contributed by atoms with Crippen molar-refractivity contribution in [3.8, 4) is 5.75 Å². The molecule has 1 aliphatic rings. The Morgan fingerprint density at radius 2 is 1.15 bits per heavy atom. The fraction of sp³-hybridized carbons (Fsp3) is 0.375. The van der Waals surface area contributed by atoms with Gasteiger partial charge in [-0.25, -0.2) is 0 Å². The van der Waals surface area contributed by atoms with Crippen LogP contribution in [0.2, 0.25) is 0 Å². The van der Waals surface area contributed by atoms with Crippen molar-refractivity contribution in [1.29, 1.82) is 0 Å². The second-order valence-corrected chi connectivity index (χ2v) is 4.67. The van der Waals surface area contributed by atoms with Crippen LogP contribution in [-0.4, -0.2) is 5.11 Å². The molecular weight excluding hydrogens is 327 g/mol. The molecule has 0 amide bonds. The number of hydrogen-bond acceptors (Lipinski definition) is 1. The largest absolute Gasteiger partial charge is 2.00 e. The molecule has 1 nitrogen and oxygen atoms in total. The molecule has 0 spiro atoms. The number of allylic oxidation sites excluding steroid dienone is 4. The maximum atomic E-state index is 8.63. The Labute approximate surface area is 150 Å². The van der Waals surface area contributed by atoms with E-state index in [1.165, 1.54) is 11.1 Å². The number of benzene rings is 1. The van der Waals surface area contributed by atoms with E-state index in [-0.39, 0.29) is 46.5 Å². The van der Waals surface area contributed by atoms with Crippen molar-refractivity contribution in [2.45, 2.75) is 34.6 Å². The average Bonchev–Trinajstić information content (AvgIpc) is 2.49. The van der Waals surface area contributed by atoms with Crippen molar-refractivity contribution in [3.05, 3.63) is 52.6 Å². The summed E-state index contributed by atoms with van der Waals surface area (Å²) >= 11 is 0. The molecule has 0 aliphatic heterocycles.